The van der Waals surface area contributed by atoms with Crippen molar-refractivity contribution >= 4 is 5.95 Å². The summed E-state index contributed by atoms with van der Waals surface area (Å²) >= 11 is 0. The lowest BCUT2D eigenvalue weighted by Crippen LogP contribution is -2.46. The zero-order chi connectivity index (χ0) is 23.4. The van der Waals surface area contributed by atoms with Gasteiger partial charge in [-0.15, -0.1) is 6.54 Å². The van der Waals surface area contributed by atoms with E-state index in [0.717, 1.165) is 51.3 Å². The van der Waals surface area contributed by atoms with Crippen LogP contribution in [-0.2, 0) is 25.7 Å². The van der Waals surface area contributed by atoms with E-state index in [1.165, 1.54) is 23.3 Å². The van der Waals surface area contributed by atoms with Crippen LogP contribution in [0.2, 0.25) is 0 Å². The van der Waals surface area contributed by atoms with Crippen molar-refractivity contribution in [2.45, 2.75) is 32.6 Å². The van der Waals surface area contributed by atoms with Crippen LogP contribution < -0.4 is 4.90 Å². The van der Waals surface area contributed by atoms with E-state index in [0.29, 0.717) is 22.9 Å². The van der Waals surface area contributed by atoms with Crippen LogP contribution >= 0.6 is 0 Å². The van der Waals surface area contributed by atoms with E-state index in [1.54, 1.807) is 6.07 Å². The average Bonchev–Trinajstić information content (AvgIpc) is 2.84. The Bertz CT molecular complexity index is 1070. The molecule has 4 rings (SSSR count). The highest BCUT2D eigenvalue weighted by atomic mass is 19.4. The molecule has 0 spiro atoms. The Hall–Kier alpha value is -2.97. The van der Waals surface area contributed by atoms with Gasteiger partial charge >= 0.3 is 6.18 Å². The third kappa shape index (κ3) is 5.51. The van der Waals surface area contributed by atoms with Gasteiger partial charge in [-0.05, 0) is 35.7 Å². The molecule has 0 radical (unpaired) electrons. The summed E-state index contributed by atoms with van der Waals surface area (Å²) in [4.78, 5) is 13.7. The number of alkyl halides is 3. The number of hydrogen-bond acceptors (Lipinski definition) is 4. The molecule has 1 aromatic heterocycles. The normalized spacial score (nSPS) is 15.1. The fraction of sp³-hybridized carbons (Fsp3) is 0.360. The average molecular weight is 455 g/mol. The van der Waals surface area contributed by atoms with E-state index in [9.17, 15) is 13.2 Å². The second-order valence-corrected chi connectivity index (χ2v) is 8.18. The first kappa shape index (κ1) is 23.2. The van der Waals surface area contributed by atoms with Gasteiger partial charge in [-0.25, -0.2) is 9.97 Å². The second-order valence-electron chi connectivity index (χ2n) is 8.18. The van der Waals surface area contributed by atoms with Crippen LogP contribution in [0.5, 0.6) is 0 Å². The van der Waals surface area contributed by atoms with Crippen molar-refractivity contribution in [3.63, 3.8) is 0 Å². The largest absolute Gasteiger partial charge is 0.672 e. The van der Waals surface area contributed by atoms with Gasteiger partial charge in [0.1, 0.15) is 0 Å². The third-order valence-corrected chi connectivity index (χ3v) is 6.00. The number of hydrogen-bond donors (Lipinski definition) is 0. The van der Waals surface area contributed by atoms with Crippen molar-refractivity contribution in [3.05, 3.63) is 82.7 Å². The smallest absolute Gasteiger partial charge is 0.416 e. The summed E-state index contributed by atoms with van der Waals surface area (Å²) in [5.41, 5.74) is 11.5. The monoisotopic (exact) mass is 454 g/mol. The number of aryl methyl sites for hydroxylation is 1. The van der Waals surface area contributed by atoms with E-state index in [-0.39, 0.29) is 6.54 Å². The zero-order valence-corrected chi connectivity index (χ0v) is 18.6. The minimum Gasteiger partial charge on any atom is -0.672 e. The molecule has 174 valence electrons. The van der Waals surface area contributed by atoms with Crippen LogP contribution in [0.4, 0.5) is 19.1 Å². The molecule has 3 aromatic rings. The molecule has 1 fully saturated rings. The lowest BCUT2D eigenvalue weighted by molar-refractivity contribution is -0.137. The maximum absolute atomic E-state index is 12.9. The van der Waals surface area contributed by atoms with Gasteiger partial charge in [0.15, 0.2) is 0 Å². The van der Waals surface area contributed by atoms with Gasteiger partial charge in [-0.3, -0.25) is 4.90 Å². The number of aromatic nitrogens is 2. The Morgan fingerprint density at radius 3 is 2.18 bits per heavy atom. The number of halogens is 3. The topological polar surface area (TPSA) is 56.1 Å². The maximum Gasteiger partial charge on any atom is 0.416 e. The highest BCUT2D eigenvalue weighted by Crippen LogP contribution is 2.31. The molecule has 5 nitrogen and oxygen atoms in total. The summed E-state index contributed by atoms with van der Waals surface area (Å²) in [5.74, 6) is 0.531. The first-order valence-corrected chi connectivity index (χ1v) is 11.1. The Balaban J connectivity index is 1.48. The van der Waals surface area contributed by atoms with Gasteiger partial charge in [0, 0.05) is 44.0 Å². The fourth-order valence-electron chi connectivity index (χ4n) is 4.10. The number of anilines is 1. The van der Waals surface area contributed by atoms with Crippen molar-refractivity contribution in [1.29, 1.82) is 0 Å². The predicted octanol–water partition coefficient (Wildman–Crippen LogP) is 5.60. The summed E-state index contributed by atoms with van der Waals surface area (Å²) in [6.45, 7) is 6.29. The molecule has 0 aliphatic carbocycles. The van der Waals surface area contributed by atoms with Gasteiger partial charge in [0.2, 0.25) is 5.95 Å². The lowest BCUT2D eigenvalue weighted by Gasteiger charge is -2.35. The molecule has 1 aliphatic heterocycles. The van der Waals surface area contributed by atoms with Crippen LogP contribution in [0.25, 0.3) is 17.0 Å². The SMILES string of the molecule is CCc1ccccc1CN1CCN(c2nc(C[NH-])cc(-c3ccc(C(F)(F)F)cc3)n2)CC1. The number of piperazine rings is 1. The van der Waals surface area contributed by atoms with Gasteiger partial charge in [0.05, 0.1) is 11.3 Å². The molecular formula is C25H27F3N5-. The molecule has 1 N–H and O–H groups in total. The summed E-state index contributed by atoms with van der Waals surface area (Å²) in [7, 11) is 0. The summed E-state index contributed by atoms with van der Waals surface area (Å²) < 4.78 is 38.7. The molecule has 0 unspecified atom stereocenters. The molecule has 33 heavy (non-hydrogen) atoms. The van der Waals surface area contributed by atoms with E-state index < -0.39 is 11.7 Å². The first-order chi connectivity index (χ1) is 15.9. The number of nitrogens with zero attached hydrogens (tertiary/aromatic N) is 4. The van der Waals surface area contributed by atoms with Crippen molar-refractivity contribution in [3.8, 4) is 11.3 Å². The van der Waals surface area contributed by atoms with Crippen LogP contribution in [0.15, 0.2) is 54.6 Å². The van der Waals surface area contributed by atoms with Crippen molar-refractivity contribution in [1.82, 2.24) is 14.9 Å². The Morgan fingerprint density at radius 1 is 0.909 bits per heavy atom. The third-order valence-electron chi connectivity index (χ3n) is 6.00. The fourth-order valence-corrected chi connectivity index (χ4v) is 4.10. The quantitative estimate of drug-likeness (QED) is 0.487. The molecule has 0 saturated carbocycles. The van der Waals surface area contributed by atoms with E-state index in [2.05, 4.69) is 51.0 Å². The molecule has 8 heteroatoms. The Kier molecular flexibility index (Phi) is 6.95. The number of benzene rings is 2. The van der Waals surface area contributed by atoms with Gasteiger partial charge in [-0.2, -0.15) is 13.2 Å². The summed E-state index contributed by atoms with van der Waals surface area (Å²) in [6.07, 6.45) is -3.37. The molecule has 0 atom stereocenters. The van der Waals surface area contributed by atoms with Crippen LogP contribution in [-0.4, -0.2) is 41.0 Å². The molecule has 1 saturated heterocycles. The van der Waals surface area contributed by atoms with Crippen LogP contribution in [0.1, 0.15) is 29.3 Å². The van der Waals surface area contributed by atoms with Crippen molar-refractivity contribution in [2.24, 2.45) is 0 Å². The number of nitrogens with one attached hydrogen (secondary N) is 1. The van der Waals surface area contributed by atoms with Gasteiger partial charge in [-0.1, -0.05) is 43.3 Å². The number of rotatable bonds is 6. The Labute approximate surface area is 192 Å². The summed E-state index contributed by atoms with van der Waals surface area (Å²) in [5, 5.41) is 0. The highest BCUT2D eigenvalue weighted by Gasteiger charge is 2.30. The molecule has 0 amide bonds. The van der Waals surface area contributed by atoms with E-state index >= 15 is 0 Å². The van der Waals surface area contributed by atoms with Crippen LogP contribution in [0, 0.1) is 0 Å². The lowest BCUT2D eigenvalue weighted by atomic mass is 10.0. The summed E-state index contributed by atoms with van der Waals surface area (Å²) in [6, 6.07) is 15.2. The first-order valence-electron chi connectivity index (χ1n) is 11.1. The molecule has 2 aromatic carbocycles. The standard InChI is InChI=1S/C25H27F3N5/c1-2-18-5-3-4-6-20(18)17-32-11-13-33(14-12-32)24-30-22(16-29)15-23(31-24)19-7-9-21(10-8-19)25(26,27)28/h3-10,15,29H,2,11-14,16-17H2,1H3/q-1. The van der Waals surface area contributed by atoms with Gasteiger partial charge < -0.3 is 10.6 Å². The van der Waals surface area contributed by atoms with Crippen molar-refractivity contribution < 1.29 is 13.2 Å². The van der Waals surface area contributed by atoms with Gasteiger partial charge in [0.25, 0.3) is 0 Å². The highest BCUT2D eigenvalue weighted by molar-refractivity contribution is 5.61. The molecule has 2 heterocycles. The molecule has 1 aliphatic rings. The van der Waals surface area contributed by atoms with E-state index in [4.69, 9.17) is 5.73 Å². The molecular weight excluding hydrogens is 427 g/mol. The minimum absolute atomic E-state index is 0.0169. The van der Waals surface area contributed by atoms with Crippen LogP contribution in [0.3, 0.4) is 0 Å². The predicted molar refractivity (Wildman–Crippen MR) is 124 cm³/mol. The Morgan fingerprint density at radius 2 is 1.58 bits per heavy atom. The zero-order valence-electron chi connectivity index (χ0n) is 18.6. The minimum atomic E-state index is -4.38. The molecule has 0 bridgehead atoms. The maximum atomic E-state index is 12.9. The van der Waals surface area contributed by atoms with Crippen molar-refractivity contribution in [2.75, 3.05) is 31.1 Å². The second kappa shape index (κ2) is 9.89. The van der Waals surface area contributed by atoms with E-state index in [1.807, 2.05) is 0 Å².